The molecule has 0 aromatic heterocycles. The minimum atomic E-state index is 0.0972. The van der Waals surface area contributed by atoms with E-state index in [9.17, 15) is 0 Å². The van der Waals surface area contributed by atoms with E-state index in [1.54, 1.807) is 0 Å². The first-order chi connectivity index (χ1) is 7.69. The molecule has 86 valence electrons. The highest BCUT2D eigenvalue weighted by molar-refractivity contribution is 9.10. The molecule has 1 unspecified atom stereocenters. The maximum absolute atomic E-state index is 5.88. The molecule has 1 atom stereocenters. The second-order valence-corrected chi connectivity index (χ2v) is 4.77. The van der Waals surface area contributed by atoms with Gasteiger partial charge in [-0.05, 0) is 30.5 Å². The highest BCUT2D eigenvalue weighted by Crippen LogP contribution is 2.28. The Morgan fingerprint density at radius 3 is 2.88 bits per heavy atom. The van der Waals surface area contributed by atoms with E-state index in [4.69, 9.17) is 23.9 Å². The molecule has 3 N–H and O–H groups in total. The highest BCUT2D eigenvalue weighted by Gasteiger charge is 2.12. The first kappa shape index (κ1) is 13.5. The SMILES string of the molecule is C#CCCCC(NN)c1ccc(Cl)cc1Br. The molecular formula is C12H14BrClN2. The van der Waals surface area contributed by atoms with Crippen molar-refractivity contribution in [2.75, 3.05) is 0 Å². The summed E-state index contributed by atoms with van der Waals surface area (Å²) < 4.78 is 0.962. The fourth-order valence-corrected chi connectivity index (χ4v) is 2.48. The standard InChI is InChI=1S/C12H14BrClN2/c1-2-3-4-5-12(16-15)10-7-6-9(14)8-11(10)13/h1,6-8,12,16H,3-5,15H2. The van der Waals surface area contributed by atoms with E-state index in [1.807, 2.05) is 18.2 Å². The molecule has 2 nitrogen and oxygen atoms in total. The Labute approximate surface area is 110 Å². The predicted octanol–water partition coefficient (Wildman–Crippen LogP) is 3.41. The summed E-state index contributed by atoms with van der Waals surface area (Å²) >= 11 is 9.36. The topological polar surface area (TPSA) is 38.0 Å². The number of benzene rings is 1. The minimum Gasteiger partial charge on any atom is -0.271 e. The molecule has 4 heteroatoms. The molecule has 0 saturated heterocycles. The van der Waals surface area contributed by atoms with Crippen LogP contribution in [-0.2, 0) is 0 Å². The first-order valence-electron chi connectivity index (χ1n) is 5.03. The fourth-order valence-electron chi connectivity index (χ4n) is 1.52. The molecule has 0 spiro atoms. The van der Waals surface area contributed by atoms with Crippen molar-refractivity contribution < 1.29 is 0 Å². The zero-order chi connectivity index (χ0) is 12.0. The van der Waals surface area contributed by atoms with Crippen LogP contribution in [0.3, 0.4) is 0 Å². The number of nitrogens with one attached hydrogen (secondary N) is 1. The number of halogens is 2. The number of unbranched alkanes of at least 4 members (excludes halogenated alkanes) is 1. The van der Waals surface area contributed by atoms with Crippen molar-refractivity contribution in [3.05, 3.63) is 33.3 Å². The lowest BCUT2D eigenvalue weighted by molar-refractivity contribution is 0.501. The van der Waals surface area contributed by atoms with E-state index in [0.29, 0.717) is 5.02 Å². The van der Waals surface area contributed by atoms with Crippen molar-refractivity contribution in [2.45, 2.75) is 25.3 Å². The van der Waals surface area contributed by atoms with Crippen molar-refractivity contribution in [1.82, 2.24) is 5.43 Å². The maximum Gasteiger partial charge on any atom is 0.0471 e. The van der Waals surface area contributed by atoms with E-state index in [0.717, 1.165) is 29.3 Å². The van der Waals surface area contributed by atoms with Gasteiger partial charge in [-0.1, -0.05) is 33.6 Å². The summed E-state index contributed by atoms with van der Waals surface area (Å²) in [6.45, 7) is 0. The smallest absolute Gasteiger partial charge is 0.0471 e. The number of hydrogen-bond donors (Lipinski definition) is 2. The van der Waals surface area contributed by atoms with Crippen molar-refractivity contribution in [3.8, 4) is 12.3 Å². The monoisotopic (exact) mass is 300 g/mol. The summed E-state index contributed by atoms with van der Waals surface area (Å²) in [5.74, 6) is 8.16. The third-order valence-corrected chi connectivity index (χ3v) is 3.27. The van der Waals surface area contributed by atoms with Gasteiger partial charge < -0.3 is 0 Å². The molecule has 0 bridgehead atoms. The predicted molar refractivity (Wildman–Crippen MR) is 71.9 cm³/mol. The van der Waals surface area contributed by atoms with E-state index < -0.39 is 0 Å². The van der Waals surface area contributed by atoms with Gasteiger partial charge in [0.1, 0.15) is 0 Å². The molecule has 1 aromatic rings. The first-order valence-corrected chi connectivity index (χ1v) is 6.20. The van der Waals surface area contributed by atoms with Crippen LogP contribution in [0, 0.1) is 12.3 Å². The zero-order valence-electron chi connectivity index (χ0n) is 8.84. The number of hydrogen-bond acceptors (Lipinski definition) is 2. The third-order valence-electron chi connectivity index (χ3n) is 2.35. The van der Waals surface area contributed by atoms with Crippen LogP contribution >= 0.6 is 27.5 Å². The van der Waals surface area contributed by atoms with Crippen LogP contribution in [0.15, 0.2) is 22.7 Å². The molecule has 0 saturated carbocycles. The molecular weight excluding hydrogens is 288 g/mol. The van der Waals surface area contributed by atoms with Crippen LogP contribution in [0.25, 0.3) is 0 Å². The van der Waals surface area contributed by atoms with E-state index >= 15 is 0 Å². The van der Waals surface area contributed by atoms with Gasteiger partial charge in [-0.15, -0.1) is 12.3 Å². The van der Waals surface area contributed by atoms with Crippen molar-refractivity contribution in [3.63, 3.8) is 0 Å². The fraction of sp³-hybridized carbons (Fsp3) is 0.333. The summed E-state index contributed by atoms with van der Waals surface area (Å²) in [4.78, 5) is 0. The lowest BCUT2D eigenvalue weighted by Gasteiger charge is -2.17. The minimum absolute atomic E-state index is 0.0972. The summed E-state index contributed by atoms with van der Waals surface area (Å²) in [5.41, 5.74) is 3.90. The lowest BCUT2D eigenvalue weighted by Crippen LogP contribution is -2.28. The van der Waals surface area contributed by atoms with E-state index in [1.165, 1.54) is 0 Å². The Balaban J connectivity index is 2.75. The Kier molecular flexibility index (Phi) is 5.86. The molecule has 0 amide bonds. The second kappa shape index (κ2) is 6.93. The third kappa shape index (κ3) is 3.80. The summed E-state index contributed by atoms with van der Waals surface area (Å²) in [6, 6.07) is 5.78. The normalized spacial score (nSPS) is 12.1. The van der Waals surface area contributed by atoms with Crippen LogP contribution < -0.4 is 11.3 Å². The van der Waals surface area contributed by atoms with Crippen LogP contribution in [-0.4, -0.2) is 0 Å². The highest BCUT2D eigenvalue weighted by atomic mass is 79.9. The van der Waals surface area contributed by atoms with Gasteiger partial charge in [0.15, 0.2) is 0 Å². The molecule has 16 heavy (non-hydrogen) atoms. The van der Waals surface area contributed by atoms with Crippen LogP contribution in [0.4, 0.5) is 0 Å². The van der Waals surface area contributed by atoms with Gasteiger partial charge in [0.2, 0.25) is 0 Å². The molecule has 0 aliphatic heterocycles. The van der Waals surface area contributed by atoms with Gasteiger partial charge in [0.05, 0.1) is 0 Å². The van der Waals surface area contributed by atoms with Crippen LogP contribution in [0.2, 0.25) is 5.02 Å². The van der Waals surface area contributed by atoms with Crippen LogP contribution in [0.1, 0.15) is 30.9 Å². The van der Waals surface area contributed by atoms with Gasteiger partial charge in [-0.3, -0.25) is 11.3 Å². The Morgan fingerprint density at radius 1 is 1.56 bits per heavy atom. The maximum atomic E-state index is 5.88. The molecule has 0 aliphatic rings. The summed E-state index contributed by atoms with van der Waals surface area (Å²) in [7, 11) is 0. The molecule has 0 heterocycles. The van der Waals surface area contributed by atoms with Gasteiger partial charge in [-0.25, -0.2) is 0 Å². The Bertz CT molecular complexity index is 387. The van der Waals surface area contributed by atoms with Gasteiger partial charge in [0.25, 0.3) is 0 Å². The zero-order valence-corrected chi connectivity index (χ0v) is 11.2. The van der Waals surface area contributed by atoms with Gasteiger partial charge in [-0.2, -0.15) is 0 Å². The van der Waals surface area contributed by atoms with Crippen LogP contribution in [0.5, 0.6) is 0 Å². The van der Waals surface area contributed by atoms with Gasteiger partial charge >= 0.3 is 0 Å². The Morgan fingerprint density at radius 2 is 2.31 bits per heavy atom. The number of rotatable bonds is 5. The quantitative estimate of drug-likeness (QED) is 0.378. The lowest BCUT2D eigenvalue weighted by atomic mass is 10.0. The molecule has 1 aromatic carbocycles. The largest absolute Gasteiger partial charge is 0.271 e. The second-order valence-electron chi connectivity index (χ2n) is 3.48. The number of hydrazine groups is 1. The van der Waals surface area contributed by atoms with E-state index in [-0.39, 0.29) is 6.04 Å². The summed E-state index contributed by atoms with van der Waals surface area (Å²) in [5, 5.41) is 0.704. The van der Waals surface area contributed by atoms with E-state index in [2.05, 4.69) is 27.3 Å². The summed E-state index contributed by atoms with van der Waals surface area (Å²) in [6.07, 6.45) is 7.83. The number of nitrogens with two attached hydrogens (primary N) is 1. The Hall–Kier alpha value is -0.530. The molecule has 1 rings (SSSR count). The average molecular weight is 302 g/mol. The molecule has 0 radical (unpaired) electrons. The molecule has 0 aliphatic carbocycles. The van der Waals surface area contributed by atoms with Crippen molar-refractivity contribution in [2.24, 2.45) is 5.84 Å². The molecule has 0 fully saturated rings. The number of terminal acetylenes is 1. The average Bonchev–Trinajstić information content (AvgIpc) is 2.26. The van der Waals surface area contributed by atoms with Crippen molar-refractivity contribution >= 4 is 27.5 Å². The van der Waals surface area contributed by atoms with Crippen molar-refractivity contribution in [1.29, 1.82) is 0 Å². The van der Waals surface area contributed by atoms with Gasteiger partial charge in [0, 0.05) is 22.0 Å².